The van der Waals surface area contributed by atoms with E-state index in [1.165, 1.54) is 16.7 Å². The first-order chi connectivity index (χ1) is 13.0. The summed E-state index contributed by atoms with van der Waals surface area (Å²) in [5.41, 5.74) is 2.43. The van der Waals surface area contributed by atoms with Crippen LogP contribution in [0, 0.1) is 6.92 Å². The molecule has 140 valence electrons. The first-order valence-electron chi connectivity index (χ1n) is 8.98. The molecule has 6 heteroatoms. The molecule has 0 bridgehead atoms. The molecule has 0 unspecified atom stereocenters. The fourth-order valence-electron chi connectivity index (χ4n) is 2.89. The second kappa shape index (κ2) is 8.39. The van der Waals surface area contributed by atoms with Crippen molar-refractivity contribution < 1.29 is 14.4 Å². The number of anilines is 2. The average Bonchev–Trinajstić information content (AvgIpc) is 2.91. The third kappa shape index (κ3) is 4.57. The number of hydrogen-bond donors (Lipinski definition) is 1. The molecule has 3 rings (SSSR count). The standard InChI is InChI=1S/C21H22N2O3S/c1-3-4-19(24)22-15-7-11-17(12-8-15)27-18-13-20(25)23(21(18)26)16-9-5-14(2)6-10-16/h5-12,18H,3-4,13H2,1-2H3,(H,22,24)/t18-/m1/s1. The summed E-state index contributed by atoms with van der Waals surface area (Å²) in [6.45, 7) is 3.92. The first kappa shape index (κ1) is 19.2. The van der Waals surface area contributed by atoms with E-state index >= 15 is 0 Å². The van der Waals surface area contributed by atoms with Gasteiger partial charge in [0.05, 0.1) is 10.9 Å². The van der Waals surface area contributed by atoms with E-state index < -0.39 is 5.25 Å². The maximum Gasteiger partial charge on any atom is 0.247 e. The summed E-state index contributed by atoms with van der Waals surface area (Å²) in [6, 6.07) is 14.7. The van der Waals surface area contributed by atoms with Crippen molar-refractivity contribution in [3.8, 4) is 0 Å². The zero-order valence-corrected chi connectivity index (χ0v) is 16.2. The van der Waals surface area contributed by atoms with Crippen molar-refractivity contribution in [2.45, 2.75) is 43.3 Å². The highest BCUT2D eigenvalue weighted by Gasteiger charge is 2.40. The minimum absolute atomic E-state index is 0.0109. The second-order valence-corrected chi connectivity index (χ2v) is 7.81. The number of nitrogens with one attached hydrogen (secondary N) is 1. The van der Waals surface area contributed by atoms with Crippen LogP contribution in [0.15, 0.2) is 53.4 Å². The predicted molar refractivity (Wildman–Crippen MR) is 108 cm³/mol. The van der Waals surface area contributed by atoms with Crippen LogP contribution in [0.5, 0.6) is 0 Å². The molecule has 1 fully saturated rings. The van der Waals surface area contributed by atoms with Crippen molar-refractivity contribution in [2.24, 2.45) is 0 Å². The zero-order valence-electron chi connectivity index (χ0n) is 15.4. The van der Waals surface area contributed by atoms with E-state index in [-0.39, 0.29) is 24.1 Å². The fourth-order valence-corrected chi connectivity index (χ4v) is 3.95. The van der Waals surface area contributed by atoms with Crippen LogP contribution in [0.25, 0.3) is 0 Å². The Morgan fingerprint density at radius 2 is 1.78 bits per heavy atom. The van der Waals surface area contributed by atoms with Gasteiger partial charge >= 0.3 is 0 Å². The smallest absolute Gasteiger partial charge is 0.247 e. The topological polar surface area (TPSA) is 66.5 Å². The first-order valence-corrected chi connectivity index (χ1v) is 9.86. The Hall–Kier alpha value is -2.60. The Morgan fingerprint density at radius 3 is 2.41 bits per heavy atom. The lowest BCUT2D eigenvalue weighted by Gasteiger charge is -2.15. The highest BCUT2D eigenvalue weighted by molar-refractivity contribution is 8.00. The SMILES string of the molecule is CCCC(=O)Nc1ccc(S[C@@H]2CC(=O)N(c3ccc(C)cc3)C2=O)cc1. The number of imide groups is 1. The molecule has 3 amide bonds. The number of thioether (sulfide) groups is 1. The minimum atomic E-state index is -0.431. The van der Waals surface area contributed by atoms with Gasteiger partial charge in [-0.25, -0.2) is 4.90 Å². The van der Waals surface area contributed by atoms with E-state index in [2.05, 4.69) is 5.32 Å². The van der Waals surface area contributed by atoms with Crippen LogP contribution in [0.4, 0.5) is 11.4 Å². The van der Waals surface area contributed by atoms with Crippen LogP contribution >= 0.6 is 11.8 Å². The van der Waals surface area contributed by atoms with Crippen LogP contribution in [-0.4, -0.2) is 23.0 Å². The largest absolute Gasteiger partial charge is 0.326 e. The number of carbonyl (C=O) groups excluding carboxylic acids is 3. The number of amides is 3. The Morgan fingerprint density at radius 1 is 1.11 bits per heavy atom. The molecule has 1 N–H and O–H groups in total. The molecule has 1 atom stereocenters. The molecule has 2 aromatic carbocycles. The Labute approximate surface area is 163 Å². The lowest BCUT2D eigenvalue weighted by atomic mass is 10.2. The lowest BCUT2D eigenvalue weighted by Crippen LogP contribution is -2.31. The molecule has 1 saturated heterocycles. The molecular weight excluding hydrogens is 360 g/mol. The molecule has 1 heterocycles. The zero-order chi connectivity index (χ0) is 19.4. The molecule has 0 aromatic heterocycles. The van der Waals surface area contributed by atoms with E-state index in [1.54, 1.807) is 12.1 Å². The lowest BCUT2D eigenvalue weighted by molar-refractivity contribution is -0.121. The molecule has 0 saturated carbocycles. The van der Waals surface area contributed by atoms with Gasteiger partial charge in [-0.05, 0) is 49.7 Å². The van der Waals surface area contributed by atoms with E-state index in [0.717, 1.165) is 22.6 Å². The van der Waals surface area contributed by atoms with Crippen molar-refractivity contribution in [1.82, 2.24) is 0 Å². The predicted octanol–water partition coefficient (Wildman–Crippen LogP) is 4.16. The van der Waals surface area contributed by atoms with Gasteiger partial charge in [-0.3, -0.25) is 14.4 Å². The van der Waals surface area contributed by atoms with Crippen molar-refractivity contribution in [3.05, 3.63) is 54.1 Å². The van der Waals surface area contributed by atoms with Gasteiger partial charge in [0, 0.05) is 23.4 Å². The number of carbonyl (C=O) groups is 3. The van der Waals surface area contributed by atoms with Crippen molar-refractivity contribution in [3.63, 3.8) is 0 Å². The summed E-state index contributed by atoms with van der Waals surface area (Å²) < 4.78 is 0. The molecule has 1 aliphatic heterocycles. The number of hydrogen-bond acceptors (Lipinski definition) is 4. The summed E-state index contributed by atoms with van der Waals surface area (Å²) in [6.07, 6.45) is 1.48. The van der Waals surface area contributed by atoms with Gasteiger partial charge in [0.2, 0.25) is 17.7 Å². The van der Waals surface area contributed by atoms with E-state index in [0.29, 0.717) is 12.1 Å². The molecular formula is C21H22N2O3S. The van der Waals surface area contributed by atoms with Crippen molar-refractivity contribution in [1.29, 1.82) is 0 Å². The number of nitrogens with zero attached hydrogens (tertiary/aromatic N) is 1. The van der Waals surface area contributed by atoms with Gasteiger partial charge in [0.25, 0.3) is 0 Å². The van der Waals surface area contributed by atoms with Gasteiger partial charge in [0.1, 0.15) is 0 Å². The Kier molecular flexibility index (Phi) is 5.96. The van der Waals surface area contributed by atoms with Gasteiger partial charge in [-0.2, -0.15) is 0 Å². The summed E-state index contributed by atoms with van der Waals surface area (Å²) >= 11 is 1.38. The van der Waals surface area contributed by atoms with Gasteiger partial charge in [0.15, 0.2) is 0 Å². The maximum atomic E-state index is 12.7. The number of aryl methyl sites for hydroxylation is 1. The summed E-state index contributed by atoms with van der Waals surface area (Å²) in [5.74, 6) is -0.373. The normalized spacial score (nSPS) is 16.7. The van der Waals surface area contributed by atoms with Crippen LogP contribution in [0.1, 0.15) is 31.7 Å². The third-order valence-corrected chi connectivity index (χ3v) is 5.49. The molecule has 0 aliphatic carbocycles. The molecule has 1 aliphatic rings. The number of benzene rings is 2. The quantitative estimate of drug-likeness (QED) is 0.762. The third-order valence-electron chi connectivity index (χ3n) is 4.29. The summed E-state index contributed by atoms with van der Waals surface area (Å²) in [7, 11) is 0. The minimum Gasteiger partial charge on any atom is -0.326 e. The summed E-state index contributed by atoms with van der Waals surface area (Å²) in [4.78, 5) is 38.9. The summed E-state index contributed by atoms with van der Waals surface area (Å²) in [5, 5.41) is 2.40. The van der Waals surface area contributed by atoms with Gasteiger partial charge in [-0.15, -0.1) is 11.8 Å². The molecule has 5 nitrogen and oxygen atoms in total. The highest BCUT2D eigenvalue weighted by Crippen LogP contribution is 2.34. The van der Waals surface area contributed by atoms with Crippen LogP contribution in [0.2, 0.25) is 0 Å². The van der Waals surface area contributed by atoms with E-state index in [9.17, 15) is 14.4 Å². The highest BCUT2D eigenvalue weighted by atomic mass is 32.2. The molecule has 0 radical (unpaired) electrons. The maximum absolute atomic E-state index is 12.7. The van der Waals surface area contributed by atoms with E-state index in [4.69, 9.17) is 0 Å². The fraction of sp³-hybridized carbons (Fsp3) is 0.286. The second-order valence-electron chi connectivity index (χ2n) is 6.54. The Bertz CT molecular complexity index is 847. The van der Waals surface area contributed by atoms with Gasteiger partial charge in [-0.1, -0.05) is 24.6 Å². The molecule has 0 spiro atoms. The monoisotopic (exact) mass is 382 g/mol. The Balaban J connectivity index is 1.66. The van der Waals surface area contributed by atoms with Crippen molar-refractivity contribution in [2.75, 3.05) is 10.2 Å². The van der Waals surface area contributed by atoms with Crippen LogP contribution < -0.4 is 10.2 Å². The molecule has 27 heavy (non-hydrogen) atoms. The number of rotatable bonds is 6. The average molecular weight is 382 g/mol. The van der Waals surface area contributed by atoms with Crippen molar-refractivity contribution >= 4 is 40.9 Å². The van der Waals surface area contributed by atoms with Gasteiger partial charge < -0.3 is 5.32 Å². The van der Waals surface area contributed by atoms with Crippen LogP contribution in [-0.2, 0) is 14.4 Å². The van der Waals surface area contributed by atoms with Crippen LogP contribution in [0.3, 0.4) is 0 Å². The van der Waals surface area contributed by atoms with E-state index in [1.807, 2.05) is 50.2 Å². The molecule has 2 aromatic rings.